The van der Waals surface area contributed by atoms with Crippen molar-refractivity contribution in [1.29, 1.82) is 0 Å². The fourth-order valence-corrected chi connectivity index (χ4v) is 4.36. The molecule has 1 aliphatic rings. The van der Waals surface area contributed by atoms with E-state index < -0.39 is 9.84 Å². The molecule has 0 aliphatic carbocycles. The first-order chi connectivity index (χ1) is 10.3. The summed E-state index contributed by atoms with van der Waals surface area (Å²) in [6, 6.07) is -0.0904. The summed E-state index contributed by atoms with van der Waals surface area (Å²) in [4.78, 5) is 13.7. The number of carbonyl (C=O) groups excluding carboxylic acids is 1. The minimum Gasteiger partial charge on any atom is -0.341 e. The van der Waals surface area contributed by atoms with Gasteiger partial charge in [-0.2, -0.15) is 5.10 Å². The van der Waals surface area contributed by atoms with Crippen LogP contribution >= 0.6 is 0 Å². The molecule has 0 bridgehead atoms. The van der Waals surface area contributed by atoms with E-state index in [4.69, 9.17) is 0 Å². The number of nitrogens with zero attached hydrogens (tertiary/aromatic N) is 3. The first-order valence-electron chi connectivity index (χ1n) is 7.45. The smallest absolute Gasteiger partial charge is 0.236 e. The zero-order valence-corrected chi connectivity index (χ0v) is 14.1. The predicted octanol–water partition coefficient (Wildman–Crippen LogP) is -0.185. The highest BCUT2D eigenvalue weighted by Gasteiger charge is 2.32. The molecule has 1 amide bonds. The second-order valence-electron chi connectivity index (χ2n) is 6.08. The van der Waals surface area contributed by atoms with Crippen molar-refractivity contribution in [2.75, 3.05) is 25.1 Å². The van der Waals surface area contributed by atoms with Gasteiger partial charge in [-0.1, -0.05) is 0 Å². The molecule has 1 aromatic rings. The van der Waals surface area contributed by atoms with Crippen molar-refractivity contribution in [3.63, 3.8) is 0 Å². The first-order valence-corrected chi connectivity index (χ1v) is 9.27. The van der Waals surface area contributed by atoms with E-state index in [2.05, 4.69) is 10.4 Å². The maximum absolute atomic E-state index is 12.1. The van der Waals surface area contributed by atoms with Crippen LogP contribution < -0.4 is 5.32 Å². The predicted molar refractivity (Wildman–Crippen MR) is 84.3 cm³/mol. The van der Waals surface area contributed by atoms with Crippen LogP contribution in [0.25, 0.3) is 0 Å². The second-order valence-corrected chi connectivity index (χ2v) is 8.31. The number of rotatable bonds is 6. The highest BCUT2D eigenvalue weighted by atomic mass is 32.2. The summed E-state index contributed by atoms with van der Waals surface area (Å²) in [7, 11) is -1.29. The number of aryl methyl sites for hydroxylation is 1. The van der Waals surface area contributed by atoms with Crippen LogP contribution in [0.1, 0.15) is 18.9 Å². The largest absolute Gasteiger partial charge is 0.341 e. The minimum atomic E-state index is -2.97. The maximum atomic E-state index is 12.1. The Bertz CT molecular complexity index is 626. The number of aromatic nitrogens is 2. The van der Waals surface area contributed by atoms with Gasteiger partial charge in [0.2, 0.25) is 5.91 Å². The van der Waals surface area contributed by atoms with E-state index in [-0.39, 0.29) is 36.0 Å². The number of amides is 1. The topological polar surface area (TPSA) is 84.3 Å². The van der Waals surface area contributed by atoms with Crippen molar-refractivity contribution in [1.82, 2.24) is 20.0 Å². The summed E-state index contributed by atoms with van der Waals surface area (Å²) in [5, 5.41) is 7.38. The molecule has 2 atom stereocenters. The number of sulfone groups is 1. The molecular formula is C14H24N4O3S. The molecule has 1 fully saturated rings. The number of carbonyl (C=O) groups is 1. The average Bonchev–Trinajstić information content (AvgIpc) is 3.00. The Morgan fingerprint density at radius 2 is 2.32 bits per heavy atom. The van der Waals surface area contributed by atoms with Gasteiger partial charge < -0.3 is 10.2 Å². The van der Waals surface area contributed by atoms with Crippen LogP contribution in [0.15, 0.2) is 12.4 Å². The molecule has 7 nitrogen and oxygen atoms in total. The standard InChI is InChI=1S/C14H24N4O3S/c1-11-6-16-18(8-11)9-12(2)15-7-14(19)17(3)13-4-5-22(20,21)10-13/h6,8,12-13,15H,4-5,7,9-10H2,1-3H3. The van der Waals surface area contributed by atoms with Crippen LogP contribution in [0.5, 0.6) is 0 Å². The summed E-state index contributed by atoms with van der Waals surface area (Å²) in [6.45, 7) is 4.86. The quantitative estimate of drug-likeness (QED) is 0.783. The molecule has 0 saturated carbocycles. The van der Waals surface area contributed by atoms with Crippen LogP contribution in [0.2, 0.25) is 0 Å². The van der Waals surface area contributed by atoms with Gasteiger partial charge in [0, 0.05) is 25.3 Å². The van der Waals surface area contributed by atoms with Crippen molar-refractivity contribution in [3.05, 3.63) is 18.0 Å². The Kier molecular flexibility index (Phi) is 5.23. The molecule has 8 heteroatoms. The van der Waals surface area contributed by atoms with E-state index in [1.54, 1.807) is 18.1 Å². The lowest BCUT2D eigenvalue weighted by atomic mass is 10.2. The summed E-state index contributed by atoms with van der Waals surface area (Å²) < 4.78 is 24.8. The van der Waals surface area contributed by atoms with Crippen LogP contribution in [-0.4, -0.2) is 66.2 Å². The van der Waals surface area contributed by atoms with Gasteiger partial charge in [0.25, 0.3) is 0 Å². The van der Waals surface area contributed by atoms with E-state index in [9.17, 15) is 13.2 Å². The van der Waals surface area contributed by atoms with E-state index in [0.717, 1.165) is 5.56 Å². The molecule has 2 heterocycles. The van der Waals surface area contributed by atoms with E-state index in [1.807, 2.05) is 24.7 Å². The van der Waals surface area contributed by atoms with Crippen molar-refractivity contribution in [3.8, 4) is 0 Å². The highest BCUT2D eigenvalue weighted by molar-refractivity contribution is 7.91. The Morgan fingerprint density at radius 3 is 2.86 bits per heavy atom. The molecule has 2 unspecified atom stereocenters. The summed E-state index contributed by atoms with van der Waals surface area (Å²) in [6.07, 6.45) is 4.29. The lowest BCUT2D eigenvalue weighted by Gasteiger charge is -2.24. The lowest BCUT2D eigenvalue weighted by molar-refractivity contribution is -0.130. The van der Waals surface area contributed by atoms with E-state index in [0.29, 0.717) is 13.0 Å². The third-order valence-electron chi connectivity index (χ3n) is 3.97. The molecule has 1 saturated heterocycles. The molecule has 0 spiro atoms. The van der Waals surface area contributed by atoms with E-state index in [1.165, 1.54) is 0 Å². The highest BCUT2D eigenvalue weighted by Crippen LogP contribution is 2.16. The molecule has 124 valence electrons. The van der Waals surface area contributed by atoms with Crippen LogP contribution in [0, 0.1) is 6.92 Å². The van der Waals surface area contributed by atoms with Crippen LogP contribution in [-0.2, 0) is 21.2 Å². The van der Waals surface area contributed by atoms with Crippen molar-refractivity contribution in [2.45, 2.75) is 38.9 Å². The molecule has 0 aromatic carbocycles. The Balaban J connectivity index is 1.77. The summed E-state index contributed by atoms with van der Waals surface area (Å²) >= 11 is 0. The molecule has 1 aromatic heterocycles. The van der Waals surface area contributed by atoms with Gasteiger partial charge in [-0.15, -0.1) is 0 Å². The second kappa shape index (κ2) is 6.78. The van der Waals surface area contributed by atoms with Crippen LogP contribution in [0.4, 0.5) is 0 Å². The Labute approximate surface area is 131 Å². The first kappa shape index (κ1) is 17.0. The average molecular weight is 328 g/mol. The third-order valence-corrected chi connectivity index (χ3v) is 5.72. The maximum Gasteiger partial charge on any atom is 0.236 e. The van der Waals surface area contributed by atoms with Gasteiger partial charge in [0.15, 0.2) is 9.84 Å². The third kappa shape index (κ3) is 4.54. The Hall–Kier alpha value is -1.41. The van der Waals surface area contributed by atoms with Gasteiger partial charge in [-0.3, -0.25) is 9.48 Å². The van der Waals surface area contributed by atoms with Crippen LogP contribution in [0.3, 0.4) is 0 Å². The number of hydrogen-bond acceptors (Lipinski definition) is 5. The molecule has 22 heavy (non-hydrogen) atoms. The van der Waals surface area contributed by atoms with Gasteiger partial charge in [-0.25, -0.2) is 8.42 Å². The number of likely N-dealkylation sites (N-methyl/N-ethyl adjacent to an activating group) is 1. The normalized spacial score (nSPS) is 21.7. The van der Waals surface area contributed by atoms with Crippen molar-refractivity contribution in [2.24, 2.45) is 0 Å². The monoisotopic (exact) mass is 328 g/mol. The summed E-state index contributed by atoms with van der Waals surface area (Å²) in [5.74, 6) is 0.181. The van der Waals surface area contributed by atoms with Gasteiger partial charge in [0.05, 0.1) is 30.8 Å². The van der Waals surface area contributed by atoms with Crippen molar-refractivity contribution < 1.29 is 13.2 Å². The number of hydrogen-bond donors (Lipinski definition) is 1. The number of nitrogens with one attached hydrogen (secondary N) is 1. The zero-order valence-electron chi connectivity index (χ0n) is 13.3. The molecule has 2 rings (SSSR count). The molecule has 1 N–H and O–H groups in total. The van der Waals surface area contributed by atoms with Gasteiger partial charge >= 0.3 is 0 Å². The summed E-state index contributed by atoms with van der Waals surface area (Å²) in [5.41, 5.74) is 1.10. The SMILES string of the molecule is Cc1cnn(CC(C)NCC(=O)N(C)C2CCS(=O)(=O)C2)c1. The zero-order chi connectivity index (χ0) is 16.3. The minimum absolute atomic E-state index is 0.0782. The molecular weight excluding hydrogens is 304 g/mol. The van der Waals surface area contributed by atoms with Gasteiger partial charge in [0.1, 0.15) is 0 Å². The van der Waals surface area contributed by atoms with Crippen molar-refractivity contribution >= 4 is 15.7 Å². The molecule has 0 radical (unpaired) electrons. The lowest BCUT2D eigenvalue weighted by Crippen LogP contribution is -2.45. The Morgan fingerprint density at radius 1 is 1.59 bits per heavy atom. The fraction of sp³-hybridized carbons (Fsp3) is 0.714. The molecule has 1 aliphatic heterocycles. The van der Waals surface area contributed by atoms with E-state index >= 15 is 0 Å². The fourth-order valence-electron chi connectivity index (χ4n) is 2.58. The van der Waals surface area contributed by atoms with Gasteiger partial charge in [-0.05, 0) is 25.8 Å².